The Hall–Kier alpha value is -1.60. The lowest BCUT2D eigenvalue weighted by molar-refractivity contribution is -0.137. The topological polar surface area (TPSA) is 32.8 Å². The summed E-state index contributed by atoms with van der Waals surface area (Å²) in [5.41, 5.74) is -0.855. The van der Waals surface area contributed by atoms with Crippen LogP contribution in [-0.2, 0) is 6.18 Å². The number of nitrogens with zero attached hydrogens (tertiary/aromatic N) is 2. The van der Waals surface area contributed by atoms with Crippen molar-refractivity contribution in [2.24, 2.45) is 0 Å². The molecule has 1 saturated heterocycles. The Bertz CT molecular complexity index is 538. The van der Waals surface area contributed by atoms with E-state index in [9.17, 15) is 18.0 Å². The summed E-state index contributed by atoms with van der Waals surface area (Å²) in [5.74, 6) is -0.181. The summed E-state index contributed by atoms with van der Waals surface area (Å²) in [4.78, 5) is 16.4. The van der Waals surface area contributed by atoms with Gasteiger partial charge in [0.2, 0.25) is 0 Å². The molecule has 1 aromatic carbocycles. The number of rotatable bonds is 4. The molecular formula is C15H19F3N2O2. The van der Waals surface area contributed by atoms with E-state index in [1.54, 1.807) is 0 Å². The van der Waals surface area contributed by atoms with E-state index in [0.717, 1.165) is 38.3 Å². The molecule has 0 saturated carbocycles. The third-order valence-electron chi connectivity index (χ3n) is 3.79. The van der Waals surface area contributed by atoms with Crippen LogP contribution in [0.5, 0.6) is 5.75 Å². The lowest BCUT2D eigenvalue weighted by Gasteiger charge is -2.31. The average molecular weight is 316 g/mol. The molecule has 0 atom stereocenters. The number of methoxy groups -OCH3 is 1. The van der Waals surface area contributed by atoms with Gasteiger partial charge in [-0.1, -0.05) is 0 Å². The number of benzene rings is 1. The third kappa shape index (κ3) is 3.98. The van der Waals surface area contributed by atoms with E-state index in [2.05, 4.69) is 4.90 Å². The highest BCUT2D eigenvalue weighted by Gasteiger charge is 2.32. The molecule has 0 bridgehead atoms. The quantitative estimate of drug-likeness (QED) is 0.797. The Kier molecular flexibility index (Phi) is 5.08. The molecular weight excluding hydrogens is 297 g/mol. The van der Waals surface area contributed by atoms with E-state index in [4.69, 9.17) is 4.74 Å². The number of likely N-dealkylation sites (N-methyl/N-ethyl adjacent to an activating group) is 1. The van der Waals surface area contributed by atoms with E-state index < -0.39 is 11.7 Å². The van der Waals surface area contributed by atoms with E-state index in [1.807, 2.05) is 11.9 Å². The first-order chi connectivity index (χ1) is 10.3. The van der Waals surface area contributed by atoms with Gasteiger partial charge >= 0.3 is 6.18 Å². The smallest absolute Gasteiger partial charge is 0.416 e. The molecule has 0 radical (unpaired) electrons. The maximum absolute atomic E-state index is 12.8. The second-order valence-electron chi connectivity index (χ2n) is 5.42. The van der Waals surface area contributed by atoms with E-state index in [0.29, 0.717) is 0 Å². The number of hydrogen-bond donors (Lipinski definition) is 0. The number of carbonyl (C=O) groups is 1. The van der Waals surface area contributed by atoms with Crippen molar-refractivity contribution in [2.75, 3.05) is 46.9 Å². The monoisotopic (exact) mass is 316 g/mol. The zero-order chi connectivity index (χ0) is 16.3. The van der Waals surface area contributed by atoms with Crippen molar-refractivity contribution >= 4 is 5.78 Å². The second kappa shape index (κ2) is 6.66. The number of alkyl halides is 3. The van der Waals surface area contributed by atoms with Gasteiger partial charge in [0, 0.05) is 26.2 Å². The van der Waals surface area contributed by atoms with E-state index in [-0.39, 0.29) is 23.6 Å². The molecule has 0 N–H and O–H groups in total. The Balaban J connectivity index is 2.17. The fourth-order valence-electron chi connectivity index (χ4n) is 2.40. The molecule has 1 fully saturated rings. The minimum Gasteiger partial charge on any atom is -0.496 e. The highest BCUT2D eigenvalue weighted by atomic mass is 19.4. The predicted octanol–water partition coefficient (Wildman–Crippen LogP) is 2.14. The number of halogens is 3. The summed E-state index contributed by atoms with van der Waals surface area (Å²) in [6.45, 7) is 3.23. The number of hydrogen-bond acceptors (Lipinski definition) is 4. The normalized spacial score (nSPS) is 17.5. The van der Waals surface area contributed by atoms with Gasteiger partial charge in [0.15, 0.2) is 5.78 Å². The first-order valence-corrected chi connectivity index (χ1v) is 7.00. The van der Waals surface area contributed by atoms with Crippen molar-refractivity contribution in [3.8, 4) is 5.75 Å². The van der Waals surface area contributed by atoms with Crippen LogP contribution in [0.15, 0.2) is 18.2 Å². The fourth-order valence-corrected chi connectivity index (χ4v) is 2.40. The van der Waals surface area contributed by atoms with Gasteiger partial charge in [-0.25, -0.2) is 0 Å². The summed E-state index contributed by atoms with van der Waals surface area (Å²) in [6.07, 6.45) is -4.48. The van der Waals surface area contributed by atoms with Crippen LogP contribution in [0.3, 0.4) is 0 Å². The van der Waals surface area contributed by atoms with Gasteiger partial charge < -0.3 is 9.64 Å². The van der Waals surface area contributed by atoms with E-state index in [1.165, 1.54) is 13.2 Å². The summed E-state index contributed by atoms with van der Waals surface area (Å²) in [6, 6.07) is 2.99. The molecule has 22 heavy (non-hydrogen) atoms. The van der Waals surface area contributed by atoms with Gasteiger partial charge in [0.25, 0.3) is 0 Å². The van der Waals surface area contributed by atoms with Crippen LogP contribution in [0.2, 0.25) is 0 Å². The lowest BCUT2D eigenvalue weighted by Crippen LogP contribution is -2.46. The molecule has 0 spiro atoms. The van der Waals surface area contributed by atoms with Crippen LogP contribution < -0.4 is 4.74 Å². The fraction of sp³-hybridized carbons (Fsp3) is 0.533. The third-order valence-corrected chi connectivity index (χ3v) is 3.79. The number of Topliss-reactive ketones (excluding diaryl/α,β-unsaturated/α-hetero) is 1. The van der Waals surface area contributed by atoms with Crippen molar-refractivity contribution < 1.29 is 22.7 Å². The number of ketones is 1. The summed E-state index contributed by atoms with van der Waals surface area (Å²) in [7, 11) is 3.34. The molecule has 122 valence electrons. The molecule has 7 heteroatoms. The molecule has 4 nitrogen and oxygen atoms in total. The first-order valence-electron chi connectivity index (χ1n) is 7.00. The predicted molar refractivity (Wildman–Crippen MR) is 76.3 cm³/mol. The van der Waals surface area contributed by atoms with Crippen molar-refractivity contribution in [3.63, 3.8) is 0 Å². The van der Waals surface area contributed by atoms with Gasteiger partial charge in [-0.15, -0.1) is 0 Å². The summed E-state index contributed by atoms with van der Waals surface area (Å²) < 4.78 is 43.4. The molecule has 1 heterocycles. The second-order valence-corrected chi connectivity index (χ2v) is 5.42. The maximum atomic E-state index is 12.8. The van der Waals surface area contributed by atoms with Crippen molar-refractivity contribution in [3.05, 3.63) is 29.3 Å². The molecule has 1 aliphatic rings. The molecule has 0 unspecified atom stereocenters. The summed E-state index contributed by atoms with van der Waals surface area (Å²) in [5, 5.41) is 0. The molecule has 0 aromatic heterocycles. The van der Waals surface area contributed by atoms with Crippen molar-refractivity contribution in [2.45, 2.75) is 6.18 Å². The maximum Gasteiger partial charge on any atom is 0.416 e. The van der Waals surface area contributed by atoms with Crippen LogP contribution in [0, 0.1) is 0 Å². The Labute approximate surface area is 127 Å². The zero-order valence-corrected chi connectivity index (χ0v) is 12.6. The highest BCUT2D eigenvalue weighted by Crippen LogP contribution is 2.32. The van der Waals surface area contributed by atoms with Crippen LogP contribution in [0.4, 0.5) is 13.2 Å². The number of piperazine rings is 1. The van der Waals surface area contributed by atoms with E-state index >= 15 is 0 Å². The van der Waals surface area contributed by atoms with Gasteiger partial charge in [-0.3, -0.25) is 9.69 Å². The number of ether oxygens (including phenoxy) is 1. The molecule has 2 rings (SSSR count). The molecule has 0 aliphatic carbocycles. The van der Waals surface area contributed by atoms with Crippen LogP contribution in [0.25, 0.3) is 0 Å². The van der Waals surface area contributed by atoms with Crippen LogP contribution in [-0.4, -0.2) is 62.5 Å². The molecule has 0 amide bonds. The minimum atomic E-state index is -4.48. The van der Waals surface area contributed by atoms with Gasteiger partial charge in [0.1, 0.15) is 5.75 Å². The van der Waals surface area contributed by atoms with Gasteiger partial charge in [0.05, 0.1) is 24.8 Å². The van der Waals surface area contributed by atoms with Gasteiger partial charge in [-0.2, -0.15) is 13.2 Å². The molecule has 1 aromatic rings. The van der Waals surface area contributed by atoms with Crippen LogP contribution >= 0.6 is 0 Å². The largest absolute Gasteiger partial charge is 0.496 e. The van der Waals surface area contributed by atoms with Gasteiger partial charge in [-0.05, 0) is 25.2 Å². The summed E-state index contributed by atoms with van der Waals surface area (Å²) >= 11 is 0. The van der Waals surface area contributed by atoms with Crippen LogP contribution in [0.1, 0.15) is 15.9 Å². The molecule has 1 aliphatic heterocycles. The van der Waals surface area contributed by atoms with Crippen molar-refractivity contribution in [1.82, 2.24) is 9.80 Å². The van der Waals surface area contributed by atoms with Crippen molar-refractivity contribution in [1.29, 1.82) is 0 Å². The SMILES string of the molecule is COc1ccc(C(F)(F)F)cc1C(=O)CN1CCN(C)CC1. The highest BCUT2D eigenvalue weighted by molar-refractivity contribution is 6.00. The zero-order valence-electron chi connectivity index (χ0n) is 12.6. The number of carbonyl (C=O) groups excluding carboxylic acids is 1. The average Bonchev–Trinajstić information content (AvgIpc) is 2.48. The standard InChI is InChI=1S/C15H19F3N2O2/c1-19-5-7-20(8-6-19)10-13(21)12-9-11(15(16,17)18)3-4-14(12)22-2/h3-4,9H,5-8,10H2,1-2H3. The lowest BCUT2D eigenvalue weighted by atomic mass is 10.0. The Morgan fingerprint density at radius 2 is 1.86 bits per heavy atom. The minimum absolute atomic E-state index is 0.0174. The Morgan fingerprint density at radius 3 is 2.41 bits per heavy atom. The first kappa shape index (κ1) is 16.8. The Morgan fingerprint density at radius 1 is 1.23 bits per heavy atom.